The van der Waals surface area contributed by atoms with Crippen LogP contribution < -0.4 is 0 Å². The molecule has 1 aliphatic heterocycles. The van der Waals surface area contributed by atoms with Crippen molar-refractivity contribution in [2.45, 2.75) is 96.1 Å². The van der Waals surface area contributed by atoms with Crippen molar-refractivity contribution in [3.05, 3.63) is 35.9 Å². The summed E-state index contributed by atoms with van der Waals surface area (Å²) in [6.45, 7) is 4.88. The third-order valence-electron chi connectivity index (χ3n) is 6.51. The van der Waals surface area contributed by atoms with Crippen LogP contribution in [0.3, 0.4) is 0 Å². The maximum atomic E-state index is 14.6. The van der Waals surface area contributed by atoms with Gasteiger partial charge >= 0.3 is 5.97 Å². The maximum absolute atomic E-state index is 14.6. The summed E-state index contributed by atoms with van der Waals surface area (Å²) in [4.78, 5) is 32.9. The van der Waals surface area contributed by atoms with Crippen molar-refractivity contribution in [3.63, 3.8) is 0 Å². The summed E-state index contributed by atoms with van der Waals surface area (Å²) >= 11 is 0. The van der Waals surface area contributed by atoms with Gasteiger partial charge in [-0.3, -0.25) is 14.4 Å². The molecular weight excluding hydrogens is 531 g/mol. The fraction of sp³-hybridized carbons (Fsp3) is 0.692. The SMILES string of the molecule is CCCCCCN(CCCCCC)C(=O)[C@@H]1ON(Cc2ccccc2)[C@@H](C(=O)OCC)[C@H]1S(F)(F)(F)(F)F. The molecule has 1 heterocycles. The Balaban J connectivity index is 2.47. The molecule has 0 spiro atoms. The lowest BCUT2D eigenvalue weighted by Gasteiger charge is -2.48. The monoisotopic (exact) mass is 572 g/mol. The molecule has 2 rings (SSSR count). The first kappa shape index (κ1) is 32.3. The van der Waals surface area contributed by atoms with Gasteiger partial charge in [0.15, 0.2) is 17.4 Å². The van der Waals surface area contributed by atoms with E-state index in [1.165, 1.54) is 11.8 Å². The van der Waals surface area contributed by atoms with Crippen LogP contribution in [0.1, 0.15) is 77.7 Å². The van der Waals surface area contributed by atoms with E-state index in [0.29, 0.717) is 23.5 Å². The number of hydroxylamine groups is 2. The molecule has 12 heteroatoms. The summed E-state index contributed by atoms with van der Waals surface area (Å²) < 4.78 is 77.7. The topological polar surface area (TPSA) is 59.1 Å². The average molecular weight is 573 g/mol. The van der Waals surface area contributed by atoms with Crippen molar-refractivity contribution in [1.29, 1.82) is 0 Å². The highest BCUT2D eigenvalue weighted by Gasteiger charge is 2.80. The molecule has 38 heavy (non-hydrogen) atoms. The van der Waals surface area contributed by atoms with E-state index in [4.69, 9.17) is 9.57 Å². The number of rotatable bonds is 16. The van der Waals surface area contributed by atoms with Gasteiger partial charge in [-0.05, 0) is 25.3 Å². The summed E-state index contributed by atoms with van der Waals surface area (Å²) in [6, 6.07) is 5.50. The molecule has 3 atom stereocenters. The van der Waals surface area contributed by atoms with Crippen LogP contribution in [0.4, 0.5) is 19.4 Å². The summed E-state index contributed by atoms with van der Waals surface area (Å²) in [6.07, 6.45) is 3.53. The van der Waals surface area contributed by atoms with Gasteiger partial charge in [-0.1, -0.05) is 102 Å². The highest BCUT2D eigenvalue weighted by Crippen LogP contribution is 3.01. The summed E-state index contributed by atoms with van der Waals surface area (Å²) in [5.41, 5.74) is 0.423. The minimum Gasteiger partial charge on any atom is -0.465 e. The standard InChI is InChI=1S/C26H41F5N2O4S/c1-4-7-9-14-18-32(19-15-10-8-5-2)25(34)23-24(38(27,28,29,30)31)22(26(35)36-6-3)33(37-23)20-21-16-12-11-13-17-21/h11-13,16-17,22-24H,4-10,14-15,18-20H2,1-3H3/t22-,23-,24-/m1/s1. The predicted molar refractivity (Wildman–Crippen MR) is 139 cm³/mol. The molecular formula is C26H41F5N2O4S. The van der Waals surface area contributed by atoms with Gasteiger partial charge in [-0.2, -0.15) is 5.06 Å². The first-order valence-corrected chi connectivity index (χ1v) is 15.4. The van der Waals surface area contributed by atoms with Crippen molar-refractivity contribution in [1.82, 2.24) is 9.96 Å². The third kappa shape index (κ3) is 9.37. The predicted octanol–water partition coefficient (Wildman–Crippen LogP) is 7.39. The molecule has 1 aromatic rings. The number of amides is 1. The third-order valence-corrected chi connectivity index (χ3v) is 8.04. The Hall–Kier alpha value is -1.92. The lowest BCUT2D eigenvalue weighted by Crippen LogP contribution is -2.52. The minimum atomic E-state index is -10.5. The first-order chi connectivity index (χ1) is 17.7. The fourth-order valence-corrected chi connectivity index (χ4v) is 5.98. The number of carbonyl (C=O) groups is 2. The zero-order chi connectivity index (χ0) is 28.5. The van der Waals surface area contributed by atoms with E-state index in [2.05, 4.69) is 0 Å². The van der Waals surface area contributed by atoms with Gasteiger partial charge in [0.05, 0.1) is 13.2 Å². The molecule has 0 radical (unpaired) electrons. The molecule has 1 aliphatic rings. The van der Waals surface area contributed by atoms with Crippen molar-refractivity contribution in [2.24, 2.45) is 0 Å². The van der Waals surface area contributed by atoms with Gasteiger partial charge in [0.1, 0.15) is 0 Å². The Labute approximate surface area is 222 Å². The van der Waals surface area contributed by atoms with Crippen molar-refractivity contribution in [2.75, 3.05) is 19.7 Å². The van der Waals surface area contributed by atoms with Crippen LogP contribution in [-0.2, 0) is 25.7 Å². The number of halogens is 5. The van der Waals surface area contributed by atoms with E-state index < -0.39 is 46.0 Å². The van der Waals surface area contributed by atoms with E-state index in [-0.39, 0.29) is 19.7 Å². The molecule has 1 amide bonds. The number of ether oxygens (including phenoxy) is 1. The van der Waals surface area contributed by atoms with E-state index in [1.807, 2.05) is 13.8 Å². The average Bonchev–Trinajstić information content (AvgIpc) is 3.23. The van der Waals surface area contributed by atoms with Crippen LogP contribution in [-0.4, -0.2) is 58.9 Å². The van der Waals surface area contributed by atoms with Crippen molar-refractivity contribution in [3.8, 4) is 0 Å². The molecule has 0 saturated carbocycles. The molecule has 0 N–H and O–H groups in total. The zero-order valence-corrected chi connectivity index (χ0v) is 23.2. The van der Waals surface area contributed by atoms with Crippen LogP contribution in [0.5, 0.6) is 0 Å². The van der Waals surface area contributed by atoms with Gasteiger partial charge in [-0.15, -0.1) is 0 Å². The second-order valence-electron chi connectivity index (χ2n) is 9.72. The van der Waals surface area contributed by atoms with Crippen LogP contribution in [0.15, 0.2) is 30.3 Å². The lowest BCUT2D eigenvalue weighted by atomic mass is 10.1. The highest BCUT2D eigenvalue weighted by molar-refractivity contribution is 8.46. The summed E-state index contributed by atoms with van der Waals surface area (Å²) in [5.74, 6) is -2.68. The molecule has 6 nitrogen and oxygen atoms in total. The number of esters is 1. The molecule has 1 aromatic carbocycles. The molecule has 0 bridgehead atoms. The van der Waals surface area contributed by atoms with Crippen LogP contribution in [0, 0.1) is 0 Å². The Morgan fingerprint density at radius 1 is 0.895 bits per heavy atom. The molecule has 1 fully saturated rings. The first-order valence-electron chi connectivity index (χ1n) is 13.4. The van der Waals surface area contributed by atoms with Crippen molar-refractivity contribution >= 4 is 22.1 Å². The molecule has 0 aromatic heterocycles. The van der Waals surface area contributed by atoms with Gasteiger partial charge in [0.2, 0.25) is 0 Å². The van der Waals surface area contributed by atoms with Gasteiger partial charge in [0, 0.05) is 13.1 Å². The Bertz CT molecular complexity index is 893. The van der Waals surface area contributed by atoms with E-state index in [1.54, 1.807) is 30.3 Å². The van der Waals surface area contributed by atoms with Gasteiger partial charge in [-0.25, -0.2) is 0 Å². The van der Waals surface area contributed by atoms with Gasteiger partial charge < -0.3 is 9.64 Å². The van der Waals surface area contributed by atoms with Crippen LogP contribution in [0.2, 0.25) is 0 Å². The summed E-state index contributed by atoms with van der Waals surface area (Å²) in [5, 5.41) is -3.09. The Kier molecular flexibility index (Phi) is 11.0. The molecule has 1 saturated heterocycles. The Morgan fingerprint density at radius 2 is 1.45 bits per heavy atom. The Morgan fingerprint density at radius 3 is 1.92 bits per heavy atom. The van der Waals surface area contributed by atoms with E-state index >= 15 is 0 Å². The number of hydrogen-bond acceptors (Lipinski definition) is 5. The second-order valence-corrected chi connectivity index (χ2v) is 12.3. The smallest absolute Gasteiger partial charge is 0.327 e. The van der Waals surface area contributed by atoms with E-state index in [9.17, 15) is 29.0 Å². The number of benzene rings is 1. The quantitative estimate of drug-likeness (QED) is 0.117. The lowest BCUT2D eigenvalue weighted by molar-refractivity contribution is -0.193. The molecule has 0 unspecified atom stereocenters. The molecule has 0 aliphatic carbocycles. The second kappa shape index (κ2) is 13.0. The van der Waals surface area contributed by atoms with Crippen molar-refractivity contribution < 1.29 is 38.6 Å². The van der Waals surface area contributed by atoms with Crippen LogP contribution in [0.25, 0.3) is 0 Å². The summed E-state index contributed by atoms with van der Waals surface area (Å²) in [7, 11) is -10.5. The van der Waals surface area contributed by atoms with E-state index in [0.717, 1.165) is 38.5 Å². The normalized spacial score (nSPS) is 22.1. The number of hydrogen-bond donors (Lipinski definition) is 0. The zero-order valence-electron chi connectivity index (χ0n) is 22.4. The fourth-order valence-electron chi connectivity index (χ4n) is 4.61. The highest BCUT2D eigenvalue weighted by atomic mass is 32.5. The number of unbranched alkanes of at least 4 members (excludes halogenated alkanes) is 6. The number of nitrogens with zero attached hydrogens (tertiary/aromatic N) is 2. The molecule has 220 valence electrons. The minimum absolute atomic E-state index is 0.126. The maximum Gasteiger partial charge on any atom is 0.327 e. The van der Waals surface area contributed by atoms with Gasteiger partial charge in [0.25, 0.3) is 16.1 Å². The number of carbonyl (C=O) groups excluding carboxylic acids is 2. The largest absolute Gasteiger partial charge is 0.465 e. The van der Waals surface area contributed by atoms with Crippen LogP contribution >= 0.6 is 10.2 Å².